The molecule has 2 aromatic rings. The first-order chi connectivity index (χ1) is 13.0. The predicted molar refractivity (Wildman–Crippen MR) is 109 cm³/mol. The summed E-state index contributed by atoms with van der Waals surface area (Å²) in [4.78, 5) is 27.7. The molecule has 0 bridgehead atoms. The average molecular weight is 386 g/mol. The molecule has 4 nitrogen and oxygen atoms in total. The molecule has 1 saturated carbocycles. The lowest BCUT2D eigenvalue weighted by atomic mass is 9.94. The molecule has 1 fully saturated rings. The highest BCUT2D eigenvalue weighted by molar-refractivity contribution is 7.12. The smallest absolute Gasteiger partial charge is 0.349 e. The topological polar surface area (TPSA) is 46.6 Å². The van der Waals surface area contributed by atoms with E-state index in [0.29, 0.717) is 4.88 Å². The second-order valence-corrected chi connectivity index (χ2v) is 8.23. The Hall–Kier alpha value is -2.14. The second kappa shape index (κ2) is 8.70. The number of hydrogen-bond acceptors (Lipinski definition) is 4. The Morgan fingerprint density at radius 2 is 1.78 bits per heavy atom. The fourth-order valence-corrected chi connectivity index (χ4v) is 4.42. The third kappa shape index (κ3) is 4.59. The van der Waals surface area contributed by atoms with E-state index in [4.69, 9.17) is 4.74 Å². The zero-order chi connectivity index (χ0) is 19.4. The SMILES string of the molecule is Cc1ccc(-c2ccsc2C(=O)O[C@@H](C)C(=O)N(C)C2CCCCC2)cc1. The van der Waals surface area contributed by atoms with Gasteiger partial charge in [0.1, 0.15) is 4.88 Å². The third-order valence-electron chi connectivity index (χ3n) is 5.31. The number of esters is 1. The highest BCUT2D eigenvalue weighted by Crippen LogP contribution is 2.30. The van der Waals surface area contributed by atoms with Crippen molar-refractivity contribution < 1.29 is 14.3 Å². The van der Waals surface area contributed by atoms with Gasteiger partial charge in [-0.3, -0.25) is 4.79 Å². The van der Waals surface area contributed by atoms with Crippen LogP contribution in [0.3, 0.4) is 0 Å². The molecule has 1 aromatic carbocycles. The molecular formula is C22H27NO3S. The third-order valence-corrected chi connectivity index (χ3v) is 6.21. The average Bonchev–Trinajstić information content (AvgIpc) is 3.18. The van der Waals surface area contributed by atoms with Gasteiger partial charge in [-0.25, -0.2) is 4.79 Å². The molecule has 1 atom stereocenters. The van der Waals surface area contributed by atoms with E-state index >= 15 is 0 Å². The van der Waals surface area contributed by atoms with Crippen LogP contribution in [0.25, 0.3) is 11.1 Å². The van der Waals surface area contributed by atoms with Gasteiger partial charge in [0, 0.05) is 18.7 Å². The molecular weight excluding hydrogens is 358 g/mol. The number of hydrogen-bond donors (Lipinski definition) is 0. The van der Waals surface area contributed by atoms with Gasteiger partial charge in [0.2, 0.25) is 0 Å². The Labute approximate surface area is 165 Å². The van der Waals surface area contributed by atoms with Crippen LogP contribution in [-0.2, 0) is 9.53 Å². The minimum absolute atomic E-state index is 0.122. The monoisotopic (exact) mass is 385 g/mol. The van der Waals surface area contributed by atoms with Crippen molar-refractivity contribution in [3.05, 3.63) is 46.2 Å². The van der Waals surface area contributed by atoms with Gasteiger partial charge in [-0.05, 0) is 43.7 Å². The van der Waals surface area contributed by atoms with Crippen molar-refractivity contribution in [3.63, 3.8) is 0 Å². The Balaban J connectivity index is 1.67. The van der Waals surface area contributed by atoms with Crippen LogP contribution in [0.1, 0.15) is 54.3 Å². The summed E-state index contributed by atoms with van der Waals surface area (Å²) in [6.45, 7) is 3.70. The molecule has 27 heavy (non-hydrogen) atoms. The first-order valence-electron chi connectivity index (χ1n) is 9.59. The number of rotatable bonds is 5. The highest BCUT2D eigenvalue weighted by atomic mass is 32.1. The molecule has 5 heteroatoms. The number of thiophene rings is 1. The van der Waals surface area contributed by atoms with Crippen LogP contribution in [0.5, 0.6) is 0 Å². The fraction of sp³-hybridized carbons (Fsp3) is 0.455. The number of likely N-dealkylation sites (N-methyl/N-ethyl adjacent to an activating group) is 1. The molecule has 1 amide bonds. The summed E-state index contributed by atoms with van der Waals surface area (Å²) in [5.74, 6) is -0.554. The van der Waals surface area contributed by atoms with E-state index < -0.39 is 12.1 Å². The summed E-state index contributed by atoms with van der Waals surface area (Å²) in [6.07, 6.45) is 4.84. The van der Waals surface area contributed by atoms with E-state index in [0.717, 1.165) is 36.8 Å². The predicted octanol–water partition coefficient (Wildman–Crippen LogP) is 5.06. The number of benzene rings is 1. The van der Waals surface area contributed by atoms with Crippen LogP contribution in [0, 0.1) is 6.92 Å². The van der Waals surface area contributed by atoms with Gasteiger partial charge < -0.3 is 9.64 Å². The first-order valence-corrected chi connectivity index (χ1v) is 10.5. The van der Waals surface area contributed by atoms with Crippen LogP contribution in [0.15, 0.2) is 35.7 Å². The maximum absolute atomic E-state index is 12.7. The summed E-state index contributed by atoms with van der Waals surface area (Å²) in [7, 11) is 1.82. The second-order valence-electron chi connectivity index (χ2n) is 7.32. The van der Waals surface area contributed by atoms with Gasteiger partial charge >= 0.3 is 5.97 Å². The van der Waals surface area contributed by atoms with Crippen LogP contribution in [0.2, 0.25) is 0 Å². The fourth-order valence-electron chi connectivity index (χ4n) is 3.63. The lowest BCUT2D eigenvalue weighted by Crippen LogP contribution is -2.44. The number of ether oxygens (including phenoxy) is 1. The largest absolute Gasteiger partial charge is 0.448 e. The molecule has 0 N–H and O–H groups in total. The van der Waals surface area contributed by atoms with Crippen molar-refractivity contribution >= 4 is 23.2 Å². The number of amides is 1. The van der Waals surface area contributed by atoms with E-state index in [1.807, 2.05) is 49.7 Å². The number of carbonyl (C=O) groups is 2. The molecule has 1 aromatic heterocycles. The minimum atomic E-state index is -0.780. The van der Waals surface area contributed by atoms with E-state index in [-0.39, 0.29) is 11.9 Å². The molecule has 3 rings (SSSR count). The van der Waals surface area contributed by atoms with Crippen LogP contribution in [-0.4, -0.2) is 36.0 Å². The van der Waals surface area contributed by atoms with E-state index in [1.165, 1.54) is 23.3 Å². The van der Waals surface area contributed by atoms with Gasteiger partial charge in [-0.2, -0.15) is 0 Å². The molecule has 0 unspecified atom stereocenters. The quantitative estimate of drug-likeness (QED) is 0.676. The van der Waals surface area contributed by atoms with Crippen molar-refractivity contribution in [1.29, 1.82) is 0 Å². The molecule has 0 saturated heterocycles. The van der Waals surface area contributed by atoms with Crippen molar-refractivity contribution in [2.45, 2.75) is 58.1 Å². The maximum atomic E-state index is 12.7. The van der Waals surface area contributed by atoms with E-state index in [9.17, 15) is 9.59 Å². The summed E-state index contributed by atoms with van der Waals surface area (Å²) >= 11 is 1.35. The van der Waals surface area contributed by atoms with Gasteiger partial charge in [0.05, 0.1) is 0 Å². The van der Waals surface area contributed by atoms with Gasteiger partial charge in [-0.1, -0.05) is 49.1 Å². The standard InChI is InChI=1S/C22H27NO3S/c1-15-9-11-17(12-10-15)19-13-14-27-20(19)22(25)26-16(2)21(24)23(3)18-7-5-4-6-8-18/h9-14,16,18H,4-8H2,1-3H3/t16-/m0/s1. The Morgan fingerprint density at radius 3 is 2.44 bits per heavy atom. The molecule has 0 spiro atoms. The van der Waals surface area contributed by atoms with Crippen LogP contribution in [0.4, 0.5) is 0 Å². The summed E-state index contributed by atoms with van der Waals surface area (Å²) in [5, 5.41) is 1.88. The highest BCUT2D eigenvalue weighted by Gasteiger charge is 2.28. The van der Waals surface area contributed by atoms with Crippen LogP contribution < -0.4 is 0 Å². The minimum Gasteiger partial charge on any atom is -0.448 e. The van der Waals surface area contributed by atoms with Gasteiger partial charge in [0.25, 0.3) is 5.91 Å². The summed E-state index contributed by atoms with van der Waals surface area (Å²) < 4.78 is 5.53. The normalized spacial score (nSPS) is 16.0. The molecule has 0 radical (unpaired) electrons. The lowest BCUT2D eigenvalue weighted by molar-refractivity contribution is -0.141. The van der Waals surface area contributed by atoms with E-state index in [1.54, 1.807) is 11.8 Å². The molecule has 1 aliphatic carbocycles. The Morgan fingerprint density at radius 1 is 1.11 bits per heavy atom. The van der Waals surface area contributed by atoms with Gasteiger partial charge in [-0.15, -0.1) is 11.3 Å². The lowest BCUT2D eigenvalue weighted by Gasteiger charge is -2.32. The Bertz CT molecular complexity index is 790. The number of aryl methyl sites for hydroxylation is 1. The summed E-state index contributed by atoms with van der Waals surface area (Å²) in [6, 6.07) is 10.2. The number of carbonyl (C=O) groups excluding carboxylic acids is 2. The maximum Gasteiger partial charge on any atom is 0.349 e. The van der Waals surface area contributed by atoms with Crippen molar-refractivity contribution in [2.75, 3.05) is 7.05 Å². The number of nitrogens with zero attached hydrogens (tertiary/aromatic N) is 1. The van der Waals surface area contributed by atoms with Crippen molar-refractivity contribution in [1.82, 2.24) is 4.90 Å². The van der Waals surface area contributed by atoms with Gasteiger partial charge in [0.15, 0.2) is 6.10 Å². The molecule has 144 valence electrons. The van der Waals surface area contributed by atoms with E-state index in [2.05, 4.69) is 0 Å². The van der Waals surface area contributed by atoms with Crippen molar-refractivity contribution in [2.24, 2.45) is 0 Å². The summed E-state index contributed by atoms with van der Waals surface area (Å²) in [5.41, 5.74) is 3.00. The zero-order valence-corrected chi connectivity index (χ0v) is 17.1. The Kier molecular flexibility index (Phi) is 6.32. The molecule has 1 aliphatic rings. The first kappa shape index (κ1) is 19.6. The molecule has 1 heterocycles. The zero-order valence-electron chi connectivity index (χ0n) is 16.2. The molecule has 0 aliphatic heterocycles. The van der Waals surface area contributed by atoms with Crippen molar-refractivity contribution in [3.8, 4) is 11.1 Å². The van der Waals surface area contributed by atoms with Crippen LogP contribution >= 0.6 is 11.3 Å².